The molecular weight excluding hydrogens is 582 g/mol. The first-order chi connectivity index (χ1) is 21.2. The number of hydrogen-bond acceptors (Lipinski definition) is 9. The van der Waals surface area contributed by atoms with E-state index in [0.717, 1.165) is 23.0 Å². The van der Waals surface area contributed by atoms with Crippen molar-refractivity contribution in [2.45, 2.75) is 72.2 Å². The summed E-state index contributed by atoms with van der Waals surface area (Å²) in [4.78, 5) is 72.0. The van der Waals surface area contributed by atoms with Gasteiger partial charge in [-0.1, -0.05) is 23.8 Å². The number of methoxy groups -OCH3 is 1. The summed E-state index contributed by atoms with van der Waals surface area (Å²) in [7, 11) is 2.70. The van der Waals surface area contributed by atoms with Crippen LogP contribution in [0.1, 0.15) is 57.8 Å². The number of ketones is 1. The molecule has 1 unspecified atom stereocenters. The second kappa shape index (κ2) is 13.4. The number of amides is 2. The first-order valence-corrected chi connectivity index (χ1v) is 14.7. The lowest BCUT2D eigenvalue weighted by Crippen LogP contribution is -2.49. The van der Waals surface area contributed by atoms with Crippen LogP contribution >= 0.6 is 0 Å². The van der Waals surface area contributed by atoms with Crippen LogP contribution in [-0.2, 0) is 29.6 Å². The Kier molecular flexibility index (Phi) is 9.84. The van der Waals surface area contributed by atoms with E-state index in [-0.39, 0.29) is 28.5 Å². The van der Waals surface area contributed by atoms with Gasteiger partial charge in [-0.3, -0.25) is 24.0 Å². The number of piperidine rings is 1. The highest BCUT2D eigenvalue weighted by atomic mass is 16.6. The van der Waals surface area contributed by atoms with E-state index in [1.54, 1.807) is 37.5 Å². The van der Waals surface area contributed by atoms with Gasteiger partial charge in [0.2, 0.25) is 5.95 Å². The lowest BCUT2D eigenvalue weighted by Gasteiger charge is -2.34. The topological polar surface area (TPSA) is 159 Å². The lowest BCUT2D eigenvalue weighted by atomic mass is 10.1. The summed E-state index contributed by atoms with van der Waals surface area (Å²) < 4.78 is 14.0. The molecule has 3 aromatic rings. The van der Waals surface area contributed by atoms with Crippen molar-refractivity contribution in [2.75, 3.05) is 30.4 Å². The molecule has 2 N–H and O–H groups in total. The fourth-order valence-corrected chi connectivity index (χ4v) is 5.16. The molecule has 0 radical (unpaired) electrons. The second-order valence-electron chi connectivity index (χ2n) is 12.2. The molecular formula is C31H41N7O7. The Bertz CT molecular complexity index is 1760. The molecule has 1 aromatic carbocycles. The predicted molar refractivity (Wildman–Crippen MR) is 170 cm³/mol. The molecule has 0 saturated carbocycles. The maximum atomic E-state index is 14.0. The van der Waals surface area contributed by atoms with E-state index in [0.29, 0.717) is 25.6 Å². The summed E-state index contributed by atoms with van der Waals surface area (Å²) in [5.41, 5.74) is -0.337. The van der Waals surface area contributed by atoms with Crippen LogP contribution in [0.4, 0.5) is 21.2 Å². The standard InChI is InChI=1S/C31H41N7O7/c1-19(2)14-16-37-24-25(34-27(37)36-15-10-11-20(17-36)32-29(42)45-31(3,4)5)35(6)30(43)38(26(24)40)18-23(39)21-12-8-9-13-22(21)33-28(41)44-7/h8-9,12-14,20H,10-11,15-18H2,1-7H3,(H,32,42)(H,33,41). The highest BCUT2D eigenvalue weighted by Gasteiger charge is 2.29. The lowest BCUT2D eigenvalue weighted by molar-refractivity contribution is 0.0499. The van der Waals surface area contributed by atoms with Crippen molar-refractivity contribution in [3.8, 4) is 0 Å². The largest absolute Gasteiger partial charge is 0.453 e. The Hall–Kier alpha value is -4.88. The number of aryl methyl sites for hydroxylation is 1. The van der Waals surface area contributed by atoms with Crippen molar-refractivity contribution < 1.29 is 23.9 Å². The summed E-state index contributed by atoms with van der Waals surface area (Å²) in [6, 6.07) is 6.05. The van der Waals surface area contributed by atoms with E-state index in [1.807, 2.05) is 24.8 Å². The number of fused-ring (bicyclic) bond motifs is 1. The minimum absolute atomic E-state index is 0.118. The van der Waals surface area contributed by atoms with Crippen molar-refractivity contribution in [2.24, 2.45) is 7.05 Å². The first kappa shape index (κ1) is 33.0. The summed E-state index contributed by atoms with van der Waals surface area (Å²) >= 11 is 0. The molecule has 0 bridgehead atoms. The summed E-state index contributed by atoms with van der Waals surface area (Å²) in [5, 5.41) is 5.42. The van der Waals surface area contributed by atoms with Crippen LogP contribution in [0.15, 0.2) is 45.5 Å². The number of aromatic nitrogens is 4. The zero-order chi connectivity index (χ0) is 33.1. The number of anilines is 2. The fourth-order valence-electron chi connectivity index (χ4n) is 5.16. The van der Waals surface area contributed by atoms with E-state index < -0.39 is 41.4 Å². The van der Waals surface area contributed by atoms with Gasteiger partial charge in [-0.05, 0) is 59.6 Å². The van der Waals surface area contributed by atoms with Gasteiger partial charge in [0.1, 0.15) is 5.60 Å². The quantitative estimate of drug-likeness (QED) is 0.283. The molecule has 242 valence electrons. The van der Waals surface area contributed by atoms with Gasteiger partial charge in [-0.25, -0.2) is 14.4 Å². The number of alkyl carbamates (subject to hydrolysis) is 1. The van der Waals surface area contributed by atoms with Gasteiger partial charge >= 0.3 is 17.9 Å². The number of para-hydroxylation sites is 1. The molecule has 14 heteroatoms. The second-order valence-corrected chi connectivity index (χ2v) is 12.2. The van der Waals surface area contributed by atoms with Crippen LogP contribution < -0.4 is 26.8 Å². The van der Waals surface area contributed by atoms with Crippen LogP contribution in [0.5, 0.6) is 0 Å². The number of ether oxygens (including phenoxy) is 2. The van der Waals surface area contributed by atoms with E-state index >= 15 is 0 Å². The number of rotatable bonds is 8. The third-order valence-electron chi connectivity index (χ3n) is 7.27. The number of hydrogen-bond donors (Lipinski definition) is 2. The van der Waals surface area contributed by atoms with Crippen LogP contribution in [0.3, 0.4) is 0 Å². The number of carbonyl (C=O) groups is 3. The van der Waals surface area contributed by atoms with Crippen LogP contribution in [0.2, 0.25) is 0 Å². The molecule has 4 rings (SSSR count). The molecule has 1 atom stereocenters. The van der Waals surface area contributed by atoms with E-state index in [1.165, 1.54) is 30.9 Å². The highest BCUT2D eigenvalue weighted by molar-refractivity contribution is 6.03. The van der Waals surface area contributed by atoms with Crippen molar-refractivity contribution in [1.82, 2.24) is 24.0 Å². The minimum atomic E-state index is -0.762. The fraction of sp³-hybridized carbons (Fsp3) is 0.484. The Morgan fingerprint density at radius 3 is 2.47 bits per heavy atom. The molecule has 1 fully saturated rings. The van der Waals surface area contributed by atoms with Crippen molar-refractivity contribution >= 4 is 40.8 Å². The number of carbonyl (C=O) groups excluding carboxylic acids is 3. The molecule has 1 saturated heterocycles. The van der Waals surface area contributed by atoms with Gasteiger partial charge in [-0.15, -0.1) is 0 Å². The smallest absolute Gasteiger partial charge is 0.411 e. The van der Waals surface area contributed by atoms with Crippen molar-refractivity contribution in [3.05, 3.63) is 62.3 Å². The van der Waals surface area contributed by atoms with Crippen LogP contribution in [-0.4, -0.2) is 68.5 Å². The SMILES string of the molecule is COC(=O)Nc1ccccc1C(=O)Cn1c(=O)c2c(nc(N3CCCC(NC(=O)OC(C)(C)C)C3)n2CC=C(C)C)n(C)c1=O. The molecule has 1 aliphatic rings. The zero-order valence-electron chi connectivity index (χ0n) is 26.8. The van der Waals surface area contributed by atoms with Gasteiger partial charge in [0.25, 0.3) is 5.56 Å². The molecule has 3 heterocycles. The van der Waals surface area contributed by atoms with E-state index in [2.05, 4.69) is 15.4 Å². The average molecular weight is 624 g/mol. The van der Waals surface area contributed by atoms with Crippen LogP contribution in [0, 0.1) is 0 Å². The van der Waals surface area contributed by atoms with Gasteiger partial charge in [-0.2, -0.15) is 4.98 Å². The van der Waals surface area contributed by atoms with Crippen molar-refractivity contribution in [1.29, 1.82) is 0 Å². The zero-order valence-corrected chi connectivity index (χ0v) is 26.8. The number of allylic oxidation sites excluding steroid dienone is 2. The Labute approximate surface area is 260 Å². The highest BCUT2D eigenvalue weighted by Crippen LogP contribution is 2.24. The minimum Gasteiger partial charge on any atom is -0.453 e. The van der Waals surface area contributed by atoms with Gasteiger partial charge in [0.15, 0.2) is 16.9 Å². The number of Topliss-reactive ketones (excluding diaryl/α,β-unsaturated/α-hetero) is 1. The Morgan fingerprint density at radius 2 is 1.80 bits per heavy atom. The average Bonchev–Trinajstić information content (AvgIpc) is 3.36. The van der Waals surface area contributed by atoms with Gasteiger partial charge in [0, 0.05) is 38.3 Å². The molecule has 0 aliphatic carbocycles. The third-order valence-corrected chi connectivity index (χ3v) is 7.27. The van der Waals surface area contributed by atoms with Crippen LogP contribution in [0.25, 0.3) is 11.2 Å². The summed E-state index contributed by atoms with van der Waals surface area (Å²) in [6.07, 6.45) is 2.17. The predicted octanol–water partition coefficient (Wildman–Crippen LogP) is 3.42. The molecule has 45 heavy (non-hydrogen) atoms. The van der Waals surface area contributed by atoms with E-state index in [9.17, 15) is 24.0 Å². The molecule has 0 spiro atoms. The van der Waals surface area contributed by atoms with E-state index in [4.69, 9.17) is 9.72 Å². The number of nitrogens with zero attached hydrogens (tertiary/aromatic N) is 5. The normalized spacial score (nSPS) is 15.0. The Morgan fingerprint density at radius 1 is 1.09 bits per heavy atom. The maximum Gasteiger partial charge on any atom is 0.411 e. The molecule has 14 nitrogen and oxygen atoms in total. The summed E-state index contributed by atoms with van der Waals surface area (Å²) in [5.74, 6) is -0.0785. The molecule has 2 aromatic heterocycles. The molecule has 2 amide bonds. The van der Waals surface area contributed by atoms with Gasteiger partial charge in [0.05, 0.1) is 19.3 Å². The molecule has 1 aliphatic heterocycles. The van der Waals surface area contributed by atoms with Gasteiger partial charge < -0.3 is 24.3 Å². The monoisotopic (exact) mass is 623 g/mol. The number of imidazole rings is 1. The third kappa shape index (κ3) is 7.62. The number of benzene rings is 1. The first-order valence-electron chi connectivity index (χ1n) is 14.7. The maximum absolute atomic E-state index is 14.0. The number of nitrogens with one attached hydrogen (secondary N) is 2. The summed E-state index contributed by atoms with van der Waals surface area (Å²) in [6.45, 7) is 10.0. The Balaban J connectivity index is 1.75. The van der Waals surface area contributed by atoms with Crippen molar-refractivity contribution in [3.63, 3.8) is 0 Å².